The Kier molecular flexibility index (Phi) is 5.28. The molecule has 1 saturated heterocycles. The number of benzene rings is 3. The van der Waals surface area contributed by atoms with Crippen LogP contribution < -0.4 is 9.77 Å². The van der Waals surface area contributed by atoms with Gasteiger partial charge >= 0.3 is 4.87 Å². The van der Waals surface area contributed by atoms with Crippen LogP contribution in [0.2, 0.25) is 5.02 Å². The molecule has 2 aliphatic heterocycles. The molecule has 8 rings (SSSR count). The molecule has 3 aromatic carbocycles. The highest BCUT2D eigenvalue weighted by Gasteiger charge is 2.69. The Balaban J connectivity index is 1.26. The van der Waals surface area contributed by atoms with Gasteiger partial charge in [0.1, 0.15) is 0 Å². The van der Waals surface area contributed by atoms with Crippen molar-refractivity contribution in [3.63, 3.8) is 0 Å². The van der Waals surface area contributed by atoms with Gasteiger partial charge in [-0.05, 0) is 66.1 Å². The Morgan fingerprint density at radius 3 is 2.08 bits per heavy atom. The van der Waals surface area contributed by atoms with Crippen molar-refractivity contribution < 1.29 is 9.59 Å². The van der Waals surface area contributed by atoms with Crippen molar-refractivity contribution in [3.8, 4) is 5.69 Å². The van der Waals surface area contributed by atoms with Crippen LogP contribution in [0.15, 0.2) is 94.7 Å². The standard InChI is InChI=1S/C31H23ClN2O3S2/c32-17-11-13-19(14-12-17)33-28(35)24-20-15-21(25(24)29(33)36)26-23(20)22(16-7-3-1-4-8-16)27-30(38-26)34(31(37)39-27)18-9-5-2-6-10-18/h1-14,20-26H,15H2/t20-,21-,22+,23-,24+,25+,26+/m1/s1. The first-order valence-electron chi connectivity index (χ1n) is 13.2. The number of carbonyl (C=O) groups is 2. The van der Waals surface area contributed by atoms with Gasteiger partial charge in [-0.25, -0.2) is 0 Å². The Bertz CT molecular complexity index is 1680. The lowest BCUT2D eigenvalue weighted by Crippen LogP contribution is -2.43. The van der Waals surface area contributed by atoms with Crippen molar-refractivity contribution >= 4 is 52.2 Å². The molecule has 4 aromatic rings. The third kappa shape index (κ3) is 3.30. The molecule has 0 unspecified atom stereocenters. The van der Waals surface area contributed by atoms with Gasteiger partial charge in [-0.3, -0.25) is 23.9 Å². The topological polar surface area (TPSA) is 59.4 Å². The van der Waals surface area contributed by atoms with E-state index in [1.54, 1.807) is 36.0 Å². The highest BCUT2D eigenvalue weighted by Crippen LogP contribution is 2.69. The van der Waals surface area contributed by atoms with Crippen LogP contribution in [0.25, 0.3) is 5.69 Å². The summed E-state index contributed by atoms with van der Waals surface area (Å²) in [5.74, 6) is -0.447. The van der Waals surface area contributed by atoms with E-state index in [4.69, 9.17) is 11.6 Å². The maximum atomic E-state index is 13.9. The van der Waals surface area contributed by atoms with Crippen LogP contribution in [-0.4, -0.2) is 21.6 Å². The SMILES string of the molecule is O=C1[C@H]2[C@H]3C[C@@H]([C@@H]2C(=O)N1c1ccc(Cl)cc1)[C@@H]1[C@H](c2ccccc2)c2sc(=O)n(-c4ccccc4)c2S[C@@H]31. The predicted octanol–water partition coefficient (Wildman–Crippen LogP) is 6.23. The van der Waals surface area contributed by atoms with Gasteiger partial charge in [0.25, 0.3) is 0 Å². The van der Waals surface area contributed by atoms with E-state index in [1.165, 1.54) is 21.8 Å². The summed E-state index contributed by atoms with van der Waals surface area (Å²) in [5, 5.41) is 1.71. The zero-order valence-corrected chi connectivity index (χ0v) is 23.0. The summed E-state index contributed by atoms with van der Waals surface area (Å²) in [4.78, 5) is 43.7. The number of anilines is 1. The molecule has 3 fully saturated rings. The number of hydrogen-bond donors (Lipinski definition) is 0. The number of aromatic nitrogens is 1. The molecule has 7 atom stereocenters. The number of hydrogen-bond acceptors (Lipinski definition) is 5. The van der Waals surface area contributed by atoms with Crippen LogP contribution in [0, 0.1) is 29.6 Å². The zero-order chi connectivity index (χ0) is 26.4. The fraction of sp³-hybridized carbons (Fsp3) is 0.258. The van der Waals surface area contributed by atoms with Crippen LogP contribution in [0.5, 0.6) is 0 Å². The third-order valence-corrected chi connectivity index (χ3v) is 12.1. The minimum Gasteiger partial charge on any atom is -0.274 e. The smallest absolute Gasteiger partial charge is 0.274 e. The minimum absolute atomic E-state index is 0.00760. The molecule has 39 heavy (non-hydrogen) atoms. The summed E-state index contributed by atoms with van der Waals surface area (Å²) in [6, 6.07) is 27.1. The summed E-state index contributed by atoms with van der Waals surface area (Å²) in [6.07, 6.45) is 0.872. The number of amides is 2. The molecule has 2 saturated carbocycles. The number of rotatable bonds is 3. The van der Waals surface area contributed by atoms with Crippen molar-refractivity contribution in [2.75, 3.05) is 4.90 Å². The number of para-hydroxylation sites is 1. The molecule has 4 aliphatic rings. The number of carbonyl (C=O) groups excluding carboxylic acids is 2. The quantitative estimate of drug-likeness (QED) is 0.274. The van der Waals surface area contributed by atoms with Gasteiger partial charge in [0.15, 0.2) is 0 Å². The molecule has 8 heteroatoms. The summed E-state index contributed by atoms with van der Waals surface area (Å²) in [6.45, 7) is 0. The Morgan fingerprint density at radius 1 is 0.744 bits per heavy atom. The van der Waals surface area contributed by atoms with E-state index in [9.17, 15) is 14.4 Å². The number of imide groups is 1. The number of nitrogens with zero attached hydrogens (tertiary/aromatic N) is 2. The first-order valence-corrected chi connectivity index (χ1v) is 15.3. The lowest BCUT2D eigenvalue weighted by Gasteiger charge is -2.43. The van der Waals surface area contributed by atoms with Crippen molar-refractivity contribution in [1.29, 1.82) is 0 Å². The van der Waals surface area contributed by atoms with Crippen LogP contribution in [0.4, 0.5) is 5.69 Å². The molecular formula is C31H23ClN2O3S2. The van der Waals surface area contributed by atoms with Crippen LogP contribution in [-0.2, 0) is 9.59 Å². The van der Waals surface area contributed by atoms with E-state index >= 15 is 0 Å². The van der Waals surface area contributed by atoms with E-state index in [1.807, 2.05) is 53.1 Å². The average molecular weight is 571 g/mol. The molecule has 1 aromatic heterocycles. The number of halogens is 1. The largest absolute Gasteiger partial charge is 0.312 e. The second kappa shape index (κ2) is 8.68. The lowest BCUT2D eigenvalue weighted by atomic mass is 9.68. The van der Waals surface area contributed by atoms with E-state index in [0.29, 0.717) is 10.7 Å². The molecule has 2 amide bonds. The summed E-state index contributed by atoms with van der Waals surface area (Å²) >= 11 is 9.17. The maximum absolute atomic E-state index is 13.9. The van der Waals surface area contributed by atoms with Crippen molar-refractivity contribution in [3.05, 3.63) is 110 Å². The summed E-state index contributed by atoms with van der Waals surface area (Å²) < 4.78 is 1.85. The van der Waals surface area contributed by atoms with E-state index in [0.717, 1.165) is 22.0 Å². The summed E-state index contributed by atoms with van der Waals surface area (Å²) in [5.41, 5.74) is 2.63. The molecule has 0 N–H and O–H groups in total. The second-order valence-electron chi connectivity index (χ2n) is 10.9. The van der Waals surface area contributed by atoms with Gasteiger partial charge in [0.2, 0.25) is 11.8 Å². The predicted molar refractivity (Wildman–Crippen MR) is 154 cm³/mol. The Hall–Kier alpha value is -3.13. The van der Waals surface area contributed by atoms with Crippen molar-refractivity contribution in [2.24, 2.45) is 29.6 Å². The molecule has 3 heterocycles. The first kappa shape index (κ1) is 23.7. The fourth-order valence-electron chi connectivity index (χ4n) is 7.75. The van der Waals surface area contributed by atoms with Crippen LogP contribution in [0.3, 0.4) is 0 Å². The lowest BCUT2D eigenvalue weighted by molar-refractivity contribution is -0.123. The van der Waals surface area contributed by atoms with Crippen LogP contribution in [0.1, 0.15) is 22.8 Å². The first-order chi connectivity index (χ1) is 19.0. The molecule has 2 bridgehead atoms. The van der Waals surface area contributed by atoms with Crippen molar-refractivity contribution in [1.82, 2.24) is 4.57 Å². The van der Waals surface area contributed by atoms with Gasteiger partial charge in [-0.1, -0.05) is 71.5 Å². The van der Waals surface area contributed by atoms with Crippen LogP contribution >= 0.6 is 34.7 Å². The van der Waals surface area contributed by atoms with Gasteiger partial charge < -0.3 is 0 Å². The number of thiazole rings is 1. The molecule has 2 aliphatic carbocycles. The minimum atomic E-state index is -0.319. The molecular weight excluding hydrogens is 548 g/mol. The van der Waals surface area contributed by atoms with Gasteiger partial charge in [-0.15, -0.1) is 11.8 Å². The van der Waals surface area contributed by atoms with Gasteiger partial charge in [0, 0.05) is 21.1 Å². The molecule has 5 nitrogen and oxygen atoms in total. The van der Waals surface area contributed by atoms with E-state index in [-0.39, 0.29) is 57.4 Å². The highest BCUT2D eigenvalue weighted by atomic mass is 35.5. The average Bonchev–Trinajstić information content (AvgIpc) is 3.68. The summed E-state index contributed by atoms with van der Waals surface area (Å²) in [7, 11) is 0. The number of fused-ring (bicyclic) bond motifs is 9. The normalized spacial score (nSPS) is 30.4. The second-order valence-corrected chi connectivity index (χ2v) is 13.5. The third-order valence-electron chi connectivity index (χ3n) is 9.13. The Morgan fingerprint density at radius 2 is 1.38 bits per heavy atom. The maximum Gasteiger partial charge on any atom is 0.312 e. The van der Waals surface area contributed by atoms with Gasteiger partial charge in [0.05, 0.1) is 28.2 Å². The molecule has 0 spiro atoms. The molecule has 0 radical (unpaired) electrons. The van der Waals surface area contributed by atoms with E-state index < -0.39 is 0 Å². The molecule has 194 valence electrons. The van der Waals surface area contributed by atoms with Crippen molar-refractivity contribution in [2.45, 2.75) is 22.6 Å². The Labute approximate surface area is 238 Å². The fourth-order valence-corrected chi connectivity index (χ4v) is 11.0. The number of thioether (sulfide) groups is 1. The van der Waals surface area contributed by atoms with Gasteiger partial charge in [-0.2, -0.15) is 0 Å². The van der Waals surface area contributed by atoms with E-state index in [2.05, 4.69) is 12.1 Å². The monoisotopic (exact) mass is 570 g/mol. The highest BCUT2D eigenvalue weighted by molar-refractivity contribution is 8.00. The zero-order valence-electron chi connectivity index (χ0n) is 20.6.